The summed E-state index contributed by atoms with van der Waals surface area (Å²) in [6.45, 7) is 2.28. The fourth-order valence-electron chi connectivity index (χ4n) is 3.98. The molecule has 4 rings (SSSR count). The number of benzene rings is 2. The van der Waals surface area contributed by atoms with Crippen LogP contribution in [0.3, 0.4) is 0 Å². The topological polar surface area (TPSA) is 163 Å². The van der Waals surface area contributed by atoms with E-state index in [-0.39, 0.29) is 35.6 Å². The van der Waals surface area contributed by atoms with Crippen LogP contribution in [0, 0.1) is 15.5 Å². The smallest absolute Gasteiger partial charge is 0.414 e. The number of nitrogens with two attached hydrogens (primary N) is 1. The number of carbonyl (C=O) groups is 1. The first-order valence-electron chi connectivity index (χ1n) is 10.5. The molecule has 12 nitrogen and oxygen atoms in total. The number of amides is 1. The highest BCUT2D eigenvalue weighted by Gasteiger charge is 2.35. The molecule has 0 aliphatic carbocycles. The molecule has 13 heteroatoms. The van der Waals surface area contributed by atoms with Crippen molar-refractivity contribution in [3.05, 3.63) is 64.2 Å². The van der Waals surface area contributed by atoms with Crippen molar-refractivity contribution in [1.82, 2.24) is 9.21 Å². The Morgan fingerprint density at radius 2 is 1.71 bits per heavy atom. The third kappa shape index (κ3) is 4.85. The van der Waals surface area contributed by atoms with Crippen LogP contribution >= 0.6 is 0 Å². The molecule has 34 heavy (non-hydrogen) atoms. The molecule has 0 radical (unpaired) electrons. The number of rotatable bonds is 7. The fourth-order valence-corrected chi connectivity index (χ4v) is 5.40. The molecule has 1 atom stereocenters. The van der Waals surface area contributed by atoms with Gasteiger partial charge in [-0.05, 0) is 36.4 Å². The van der Waals surface area contributed by atoms with Crippen LogP contribution in [0.15, 0.2) is 53.4 Å². The first-order chi connectivity index (χ1) is 16.1. The highest BCUT2D eigenvalue weighted by atomic mass is 32.2. The molecule has 2 aromatic carbocycles. The summed E-state index contributed by atoms with van der Waals surface area (Å²) >= 11 is 0. The van der Waals surface area contributed by atoms with Gasteiger partial charge in [0.2, 0.25) is 10.0 Å². The first kappa shape index (κ1) is 23.6. The maximum Gasteiger partial charge on any atom is 0.414 e. The van der Waals surface area contributed by atoms with Crippen molar-refractivity contribution in [1.29, 1.82) is 5.41 Å². The van der Waals surface area contributed by atoms with Crippen molar-refractivity contribution in [2.24, 2.45) is 5.73 Å². The van der Waals surface area contributed by atoms with Gasteiger partial charge in [0, 0.05) is 56.1 Å². The van der Waals surface area contributed by atoms with Gasteiger partial charge in [-0.25, -0.2) is 13.2 Å². The van der Waals surface area contributed by atoms with E-state index in [9.17, 15) is 23.3 Å². The Morgan fingerprint density at radius 3 is 2.26 bits per heavy atom. The van der Waals surface area contributed by atoms with Crippen LogP contribution in [0.25, 0.3) is 0 Å². The number of ether oxygens (including phenoxy) is 1. The van der Waals surface area contributed by atoms with Gasteiger partial charge in [0.25, 0.3) is 5.69 Å². The second kappa shape index (κ2) is 9.37. The second-order valence-electron chi connectivity index (χ2n) is 8.03. The van der Waals surface area contributed by atoms with Gasteiger partial charge in [0.15, 0.2) is 0 Å². The van der Waals surface area contributed by atoms with Gasteiger partial charge in [0.1, 0.15) is 11.9 Å². The molecule has 2 aliphatic heterocycles. The van der Waals surface area contributed by atoms with Crippen molar-refractivity contribution < 1.29 is 22.9 Å². The molecule has 2 aliphatic rings. The number of nitro groups is 1. The van der Waals surface area contributed by atoms with Crippen LogP contribution in [-0.2, 0) is 14.8 Å². The zero-order valence-electron chi connectivity index (χ0n) is 18.2. The predicted molar refractivity (Wildman–Crippen MR) is 123 cm³/mol. The zero-order chi connectivity index (χ0) is 24.5. The quantitative estimate of drug-likeness (QED) is 0.254. The Balaban J connectivity index is 1.32. The number of non-ortho nitro benzene ring substituents is 1. The predicted octanol–water partition coefficient (Wildman–Crippen LogP) is 1.21. The lowest BCUT2D eigenvalue weighted by atomic mass is 10.2. The first-order valence-corrected chi connectivity index (χ1v) is 12.0. The molecule has 2 aromatic rings. The summed E-state index contributed by atoms with van der Waals surface area (Å²) in [6.07, 6.45) is -0.822. The minimum Gasteiger partial charge on any atom is -0.443 e. The van der Waals surface area contributed by atoms with E-state index in [1.54, 1.807) is 24.3 Å². The van der Waals surface area contributed by atoms with Crippen LogP contribution in [-0.4, -0.2) is 79.8 Å². The molecule has 3 N–H and O–H groups in total. The van der Waals surface area contributed by atoms with Crippen molar-refractivity contribution in [2.45, 2.75) is 11.0 Å². The number of cyclic esters (lactones) is 1. The van der Waals surface area contributed by atoms with Crippen molar-refractivity contribution >= 4 is 33.3 Å². The number of nitro benzene ring substituents is 1. The average Bonchev–Trinajstić information content (AvgIpc) is 3.19. The number of carbonyl (C=O) groups excluding carboxylic acids is 1. The van der Waals surface area contributed by atoms with E-state index < -0.39 is 21.0 Å². The molecular weight excluding hydrogens is 464 g/mol. The number of nitrogen functional groups attached to an aromatic ring is 1. The number of sulfonamides is 1. The Labute approximate surface area is 196 Å². The lowest BCUT2D eigenvalue weighted by Gasteiger charge is -2.34. The summed E-state index contributed by atoms with van der Waals surface area (Å²) in [5.74, 6) is -0.0526. The number of piperazine rings is 1. The Kier molecular flexibility index (Phi) is 6.50. The fraction of sp³-hybridized carbons (Fsp3) is 0.333. The van der Waals surface area contributed by atoms with Crippen LogP contribution in [0.1, 0.15) is 5.56 Å². The minimum atomic E-state index is -3.75. The molecular formula is C21H24N6O6S. The van der Waals surface area contributed by atoms with Crippen molar-refractivity contribution in [3.63, 3.8) is 0 Å². The maximum atomic E-state index is 12.9. The lowest BCUT2D eigenvalue weighted by molar-refractivity contribution is -0.384. The van der Waals surface area contributed by atoms with E-state index in [4.69, 9.17) is 15.9 Å². The van der Waals surface area contributed by atoms with Gasteiger partial charge in [-0.15, -0.1) is 0 Å². The van der Waals surface area contributed by atoms with Gasteiger partial charge < -0.3 is 10.5 Å². The Hall–Kier alpha value is -3.55. The third-order valence-electron chi connectivity index (χ3n) is 5.84. The summed E-state index contributed by atoms with van der Waals surface area (Å²) in [6, 6.07) is 11.6. The lowest BCUT2D eigenvalue weighted by Crippen LogP contribution is -2.50. The molecule has 0 saturated carbocycles. The molecule has 2 heterocycles. The number of amidine groups is 1. The maximum absolute atomic E-state index is 12.9. The molecule has 180 valence electrons. The second-order valence-corrected chi connectivity index (χ2v) is 9.97. The number of nitrogens with one attached hydrogen (secondary N) is 1. The van der Waals surface area contributed by atoms with Crippen molar-refractivity contribution in [3.8, 4) is 0 Å². The molecule has 0 bridgehead atoms. The van der Waals surface area contributed by atoms with E-state index in [0.29, 0.717) is 37.4 Å². The summed E-state index contributed by atoms with van der Waals surface area (Å²) in [4.78, 5) is 26.1. The van der Waals surface area contributed by atoms with Crippen LogP contribution in [0.2, 0.25) is 0 Å². The van der Waals surface area contributed by atoms with E-state index in [1.807, 2.05) is 4.90 Å². The normalized spacial score (nSPS) is 19.7. The SMILES string of the molecule is N=C(N)c1ccc(N2CC(CN3CCN(S(=O)(=O)c4ccc([N+](=O)[O-])cc4)CC3)OC2=O)cc1. The third-order valence-corrected chi connectivity index (χ3v) is 7.76. The standard InChI is InChI=1S/C21H24N6O6S/c22-20(23)15-1-3-16(4-2-15)26-14-18(33-21(26)28)13-24-9-11-25(12-10-24)34(31,32)19-7-5-17(6-8-19)27(29)30/h1-8,18H,9-14H2,(H3,22,23). The van der Waals surface area contributed by atoms with Gasteiger partial charge in [-0.3, -0.25) is 25.3 Å². The van der Waals surface area contributed by atoms with Crippen LogP contribution in [0.4, 0.5) is 16.2 Å². The number of hydrogen-bond donors (Lipinski definition) is 2. The molecule has 2 fully saturated rings. The zero-order valence-corrected chi connectivity index (χ0v) is 19.0. The Morgan fingerprint density at radius 1 is 1.09 bits per heavy atom. The number of anilines is 1. The van der Waals surface area contributed by atoms with Crippen molar-refractivity contribution in [2.75, 3.05) is 44.2 Å². The van der Waals surface area contributed by atoms with E-state index in [0.717, 1.165) is 0 Å². The van der Waals surface area contributed by atoms with Gasteiger partial charge >= 0.3 is 6.09 Å². The molecule has 2 saturated heterocycles. The number of hydrogen-bond acceptors (Lipinski definition) is 8. The summed E-state index contributed by atoms with van der Waals surface area (Å²) < 4.78 is 32.6. The monoisotopic (exact) mass is 488 g/mol. The van der Waals surface area contributed by atoms with Gasteiger partial charge in [-0.2, -0.15) is 4.31 Å². The largest absolute Gasteiger partial charge is 0.443 e. The Bertz CT molecular complexity index is 1190. The van der Waals surface area contributed by atoms with Crippen LogP contribution < -0.4 is 10.6 Å². The summed E-state index contributed by atoms with van der Waals surface area (Å²) in [5.41, 5.74) is 6.51. The highest BCUT2D eigenvalue weighted by molar-refractivity contribution is 7.89. The highest BCUT2D eigenvalue weighted by Crippen LogP contribution is 2.24. The number of nitrogens with zero attached hydrogens (tertiary/aromatic N) is 4. The molecule has 0 aromatic heterocycles. The van der Waals surface area contributed by atoms with Gasteiger partial charge in [-0.1, -0.05) is 0 Å². The van der Waals surface area contributed by atoms with E-state index in [1.165, 1.54) is 33.5 Å². The summed E-state index contributed by atoms with van der Waals surface area (Å²) in [7, 11) is -3.75. The van der Waals surface area contributed by atoms with Crippen LogP contribution in [0.5, 0.6) is 0 Å². The van der Waals surface area contributed by atoms with Gasteiger partial charge in [0.05, 0.1) is 16.4 Å². The van der Waals surface area contributed by atoms with E-state index >= 15 is 0 Å². The van der Waals surface area contributed by atoms with E-state index in [2.05, 4.69) is 0 Å². The minimum absolute atomic E-state index is 0.0164. The molecule has 1 unspecified atom stereocenters. The molecule has 1 amide bonds. The summed E-state index contributed by atoms with van der Waals surface area (Å²) in [5, 5.41) is 18.3. The molecule has 0 spiro atoms. The average molecular weight is 489 g/mol.